The molecule has 1 aromatic heterocycles. The third-order valence-electron chi connectivity index (χ3n) is 3.92. The number of rotatable bonds is 5. The SMILES string of the molecule is CN(C)CCn1nc(C(F)(F)F)c2c1CCCC2CC(=O)O. The normalized spacial score (nSPS) is 18.5. The second kappa shape index (κ2) is 6.28. The van der Waals surface area contributed by atoms with Gasteiger partial charge in [0.2, 0.25) is 0 Å². The van der Waals surface area contributed by atoms with Gasteiger partial charge in [-0.3, -0.25) is 9.48 Å². The third kappa shape index (κ3) is 3.60. The van der Waals surface area contributed by atoms with Gasteiger partial charge in [-0.05, 0) is 39.3 Å². The quantitative estimate of drug-likeness (QED) is 0.905. The Bertz CT molecular complexity index is 552. The Hall–Kier alpha value is -1.57. The van der Waals surface area contributed by atoms with E-state index in [-0.39, 0.29) is 12.0 Å². The van der Waals surface area contributed by atoms with Gasteiger partial charge in [-0.25, -0.2) is 0 Å². The fourth-order valence-corrected chi connectivity index (χ4v) is 2.97. The van der Waals surface area contributed by atoms with Crippen LogP contribution in [0.15, 0.2) is 0 Å². The Balaban J connectivity index is 2.43. The van der Waals surface area contributed by atoms with Crippen LogP contribution in [-0.4, -0.2) is 46.4 Å². The lowest BCUT2D eigenvalue weighted by molar-refractivity contribution is -0.143. The predicted molar refractivity (Wildman–Crippen MR) is 73.7 cm³/mol. The van der Waals surface area contributed by atoms with Gasteiger partial charge in [0, 0.05) is 17.8 Å². The molecule has 0 bridgehead atoms. The second-order valence-corrected chi connectivity index (χ2v) is 5.92. The van der Waals surface area contributed by atoms with Crippen molar-refractivity contribution in [3.8, 4) is 0 Å². The average molecular weight is 319 g/mol. The fourth-order valence-electron chi connectivity index (χ4n) is 2.97. The number of carbonyl (C=O) groups is 1. The Morgan fingerprint density at radius 3 is 2.68 bits per heavy atom. The highest BCUT2D eigenvalue weighted by molar-refractivity contribution is 5.68. The van der Waals surface area contributed by atoms with Gasteiger partial charge in [-0.2, -0.15) is 18.3 Å². The molecule has 0 aromatic carbocycles. The summed E-state index contributed by atoms with van der Waals surface area (Å²) in [6.07, 6.45) is -3.17. The monoisotopic (exact) mass is 319 g/mol. The van der Waals surface area contributed by atoms with E-state index in [4.69, 9.17) is 5.11 Å². The first-order chi connectivity index (χ1) is 10.2. The van der Waals surface area contributed by atoms with Crippen LogP contribution in [-0.2, 0) is 23.9 Å². The number of fused-ring (bicyclic) bond motifs is 1. The largest absolute Gasteiger partial charge is 0.481 e. The number of alkyl halides is 3. The number of carboxylic acids is 1. The van der Waals surface area contributed by atoms with Crippen LogP contribution in [0.3, 0.4) is 0 Å². The first kappa shape index (κ1) is 16.8. The topological polar surface area (TPSA) is 58.4 Å². The zero-order chi connectivity index (χ0) is 16.5. The van der Waals surface area contributed by atoms with Crippen molar-refractivity contribution < 1.29 is 23.1 Å². The highest BCUT2D eigenvalue weighted by Crippen LogP contribution is 2.42. The van der Waals surface area contributed by atoms with Crippen molar-refractivity contribution in [2.45, 2.75) is 44.3 Å². The lowest BCUT2D eigenvalue weighted by atomic mass is 9.83. The number of halogens is 3. The van der Waals surface area contributed by atoms with Gasteiger partial charge in [0.25, 0.3) is 0 Å². The van der Waals surface area contributed by atoms with E-state index in [9.17, 15) is 18.0 Å². The molecule has 0 saturated carbocycles. The molecular formula is C14H20F3N3O2. The minimum absolute atomic E-state index is 0.0971. The van der Waals surface area contributed by atoms with Crippen molar-refractivity contribution in [3.63, 3.8) is 0 Å². The Morgan fingerprint density at radius 1 is 1.45 bits per heavy atom. The van der Waals surface area contributed by atoms with Crippen molar-refractivity contribution in [1.29, 1.82) is 0 Å². The summed E-state index contributed by atoms with van der Waals surface area (Å²) >= 11 is 0. The second-order valence-electron chi connectivity index (χ2n) is 5.92. The maximum Gasteiger partial charge on any atom is 0.435 e. The highest BCUT2D eigenvalue weighted by atomic mass is 19.4. The van der Waals surface area contributed by atoms with E-state index >= 15 is 0 Å². The van der Waals surface area contributed by atoms with Gasteiger partial charge in [-0.1, -0.05) is 0 Å². The molecule has 0 fully saturated rings. The molecule has 1 heterocycles. The number of aliphatic carboxylic acids is 1. The zero-order valence-corrected chi connectivity index (χ0v) is 12.7. The zero-order valence-electron chi connectivity index (χ0n) is 12.7. The number of carboxylic acid groups (broad SMARTS) is 1. The van der Waals surface area contributed by atoms with Crippen LogP contribution in [0.4, 0.5) is 13.2 Å². The van der Waals surface area contributed by atoms with Gasteiger partial charge < -0.3 is 10.0 Å². The minimum Gasteiger partial charge on any atom is -0.481 e. The molecule has 0 spiro atoms. The van der Waals surface area contributed by atoms with Gasteiger partial charge in [0.15, 0.2) is 5.69 Å². The van der Waals surface area contributed by atoms with Crippen LogP contribution in [0.1, 0.15) is 42.1 Å². The van der Waals surface area contributed by atoms with Crippen molar-refractivity contribution >= 4 is 5.97 Å². The number of hydrogen-bond acceptors (Lipinski definition) is 3. The molecule has 1 aliphatic carbocycles. The van der Waals surface area contributed by atoms with E-state index in [1.54, 1.807) is 0 Å². The van der Waals surface area contributed by atoms with E-state index in [2.05, 4.69) is 5.10 Å². The van der Waals surface area contributed by atoms with E-state index in [0.717, 1.165) is 0 Å². The van der Waals surface area contributed by atoms with Crippen LogP contribution in [0.25, 0.3) is 0 Å². The molecule has 1 N–H and O–H groups in total. The first-order valence-corrected chi connectivity index (χ1v) is 7.23. The predicted octanol–water partition coefficient (Wildman–Crippen LogP) is 2.36. The summed E-state index contributed by atoms with van der Waals surface area (Å²) in [6.45, 7) is 0.945. The molecule has 2 rings (SSSR count). The summed E-state index contributed by atoms with van der Waals surface area (Å²) < 4.78 is 41.2. The van der Waals surface area contributed by atoms with Crippen molar-refractivity contribution in [1.82, 2.24) is 14.7 Å². The molecule has 1 unspecified atom stereocenters. The van der Waals surface area contributed by atoms with Gasteiger partial charge >= 0.3 is 12.1 Å². The summed E-state index contributed by atoms with van der Waals surface area (Å²) in [6, 6.07) is 0. The van der Waals surface area contributed by atoms with Gasteiger partial charge in [0.05, 0.1) is 13.0 Å². The lowest BCUT2D eigenvalue weighted by Crippen LogP contribution is -2.21. The van der Waals surface area contributed by atoms with Crippen LogP contribution in [0.5, 0.6) is 0 Å². The number of hydrogen-bond donors (Lipinski definition) is 1. The third-order valence-corrected chi connectivity index (χ3v) is 3.92. The van der Waals surface area contributed by atoms with Crippen LogP contribution < -0.4 is 0 Å². The molecule has 124 valence electrons. The van der Waals surface area contributed by atoms with E-state index in [1.807, 2.05) is 19.0 Å². The Labute approximate surface area is 126 Å². The van der Waals surface area contributed by atoms with Crippen LogP contribution in [0.2, 0.25) is 0 Å². The Kier molecular flexibility index (Phi) is 4.79. The minimum atomic E-state index is -4.55. The van der Waals surface area contributed by atoms with E-state index in [1.165, 1.54) is 4.68 Å². The van der Waals surface area contributed by atoms with Crippen molar-refractivity contribution in [3.05, 3.63) is 17.0 Å². The summed E-state index contributed by atoms with van der Waals surface area (Å²) in [5.41, 5.74) is -0.265. The van der Waals surface area contributed by atoms with Crippen molar-refractivity contribution in [2.24, 2.45) is 0 Å². The Morgan fingerprint density at radius 2 is 2.14 bits per heavy atom. The maximum atomic E-state index is 13.3. The van der Waals surface area contributed by atoms with E-state index in [0.29, 0.717) is 38.0 Å². The molecule has 5 nitrogen and oxygen atoms in total. The smallest absolute Gasteiger partial charge is 0.435 e. The molecule has 1 atom stereocenters. The number of likely N-dealkylation sites (N-methyl/N-ethyl adjacent to an activating group) is 1. The maximum absolute atomic E-state index is 13.3. The van der Waals surface area contributed by atoms with Gasteiger partial charge in [0.1, 0.15) is 0 Å². The first-order valence-electron chi connectivity index (χ1n) is 7.23. The molecular weight excluding hydrogens is 299 g/mol. The molecule has 22 heavy (non-hydrogen) atoms. The molecule has 1 aromatic rings. The molecule has 1 aliphatic rings. The van der Waals surface area contributed by atoms with Crippen LogP contribution in [0, 0.1) is 0 Å². The molecule has 8 heteroatoms. The fraction of sp³-hybridized carbons (Fsp3) is 0.714. The summed E-state index contributed by atoms with van der Waals surface area (Å²) in [4.78, 5) is 12.8. The molecule has 0 radical (unpaired) electrons. The van der Waals surface area contributed by atoms with E-state index < -0.39 is 23.8 Å². The lowest BCUT2D eigenvalue weighted by Gasteiger charge is -2.23. The van der Waals surface area contributed by atoms with Crippen LogP contribution >= 0.6 is 0 Å². The summed E-state index contributed by atoms with van der Waals surface area (Å²) in [5, 5.41) is 12.7. The summed E-state index contributed by atoms with van der Waals surface area (Å²) in [5.74, 6) is -1.68. The molecule has 0 amide bonds. The highest BCUT2D eigenvalue weighted by Gasteiger charge is 2.42. The average Bonchev–Trinajstić information content (AvgIpc) is 2.75. The van der Waals surface area contributed by atoms with Gasteiger partial charge in [-0.15, -0.1) is 0 Å². The molecule has 0 saturated heterocycles. The summed E-state index contributed by atoms with van der Waals surface area (Å²) in [7, 11) is 3.68. The number of aromatic nitrogens is 2. The van der Waals surface area contributed by atoms with Crippen molar-refractivity contribution in [2.75, 3.05) is 20.6 Å². The standard InChI is InChI=1S/C14H20F3N3O2/c1-19(2)6-7-20-10-5-3-4-9(8-11(21)22)12(10)13(18-20)14(15,16)17/h9H,3-8H2,1-2H3,(H,21,22). The number of nitrogens with zero attached hydrogens (tertiary/aromatic N) is 3. The molecule has 0 aliphatic heterocycles.